The molecule has 0 aromatic rings. The predicted octanol–water partition coefficient (Wildman–Crippen LogP) is 0.926. The molecule has 4 nitrogen and oxygen atoms in total. The Hall–Kier alpha value is -0.930. The lowest BCUT2D eigenvalue weighted by Crippen LogP contribution is -2.14. The number of nitrogens with zero attached hydrogens (tertiary/aromatic N) is 2. The molecular weight excluding hydrogens is 120 g/mol. The van der Waals surface area contributed by atoms with Crippen LogP contribution in [0.4, 0.5) is 0 Å². The number of amides is 1. The quantitative estimate of drug-likeness (QED) is 0.315. The molecule has 0 radical (unpaired) electrons. The van der Waals surface area contributed by atoms with Crippen molar-refractivity contribution in [3.8, 4) is 0 Å². The average molecular weight is 130 g/mol. The molecule has 0 rings (SSSR count). The topological polar surface area (TPSA) is 49.7 Å². The van der Waals surface area contributed by atoms with Gasteiger partial charge < -0.3 is 0 Å². The fourth-order valence-corrected chi connectivity index (χ4v) is 0.433. The lowest BCUT2D eigenvalue weighted by atomic mass is 10.3. The van der Waals surface area contributed by atoms with E-state index in [1.807, 2.05) is 6.92 Å². The summed E-state index contributed by atoms with van der Waals surface area (Å²) in [6.07, 6.45) is 2.22. The first kappa shape index (κ1) is 8.07. The van der Waals surface area contributed by atoms with Gasteiger partial charge >= 0.3 is 0 Å². The fraction of sp³-hybridized carbons (Fsp3) is 0.800. The molecule has 4 heteroatoms. The number of nitroso groups, excluding NO2 is 1. The third-order valence-corrected chi connectivity index (χ3v) is 0.967. The molecule has 0 aromatic carbocycles. The Morgan fingerprint density at radius 3 is 2.67 bits per heavy atom. The van der Waals surface area contributed by atoms with Gasteiger partial charge in [0.15, 0.2) is 0 Å². The average Bonchev–Trinajstić information content (AvgIpc) is 1.91. The molecule has 0 N–H and O–H groups in total. The first-order valence-corrected chi connectivity index (χ1v) is 2.90. The van der Waals surface area contributed by atoms with E-state index in [0.717, 1.165) is 17.9 Å². The zero-order chi connectivity index (χ0) is 7.11. The van der Waals surface area contributed by atoms with E-state index in [1.165, 1.54) is 0 Å². The standard InChI is InChI=1S/C5H10N2O2/c1-2-3-4-7(5-8)6-9/h5H,2-4H2,1H3. The number of carbonyl (C=O) groups is 1. The predicted molar refractivity (Wildman–Crippen MR) is 33.5 cm³/mol. The molecule has 0 aliphatic carbocycles. The van der Waals surface area contributed by atoms with Gasteiger partial charge in [0, 0.05) is 6.54 Å². The van der Waals surface area contributed by atoms with Gasteiger partial charge in [0.05, 0.1) is 5.29 Å². The van der Waals surface area contributed by atoms with Crippen molar-refractivity contribution < 1.29 is 4.79 Å². The number of hydrogen-bond acceptors (Lipinski definition) is 3. The lowest BCUT2D eigenvalue weighted by Gasteiger charge is -2.02. The molecule has 0 spiro atoms. The van der Waals surface area contributed by atoms with E-state index in [4.69, 9.17) is 0 Å². The monoisotopic (exact) mass is 130 g/mol. The van der Waals surface area contributed by atoms with Gasteiger partial charge in [-0.25, -0.2) is 0 Å². The Bertz CT molecular complexity index is 87.0. The van der Waals surface area contributed by atoms with Crippen LogP contribution in [0.2, 0.25) is 0 Å². The Balaban J connectivity index is 3.30. The lowest BCUT2D eigenvalue weighted by molar-refractivity contribution is -0.118. The highest BCUT2D eigenvalue weighted by Crippen LogP contribution is 1.90. The van der Waals surface area contributed by atoms with Crippen molar-refractivity contribution >= 4 is 6.41 Å². The van der Waals surface area contributed by atoms with Crippen LogP contribution in [0.5, 0.6) is 0 Å². The number of unbranched alkanes of at least 4 members (excludes halogenated alkanes) is 1. The Labute approximate surface area is 53.8 Å². The van der Waals surface area contributed by atoms with Crippen LogP contribution in [-0.4, -0.2) is 18.0 Å². The van der Waals surface area contributed by atoms with Crippen molar-refractivity contribution in [1.29, 1.82) is 0 Å². The second kappa shape index (κ2) is 5.21. The number of hydrogen-bond donors (Lipinski definition) is 0. The van der Waals surface area contributed by atoms with E-state index in [1.54, 1.807) is 0 Å². The van der Waals surface area contributed by atoms with E-state index < -0.39 is 0 Å². The Morgan fingerprint density at radius 2 is 2.33 bits per heavy atom. The minimum absolute atomic E-state index is 0.433. The summed E-state index contributed by atoms with van der Waals surface area (Å²) >= 11 is 0. The van der Waals surface area contributed by atoms with E-state index in [9.17, 15) is 9.70 Å². The molecule has 0 bridgehead atoms. The van der Waals surface area contributed by atoms with Crippen molar-refractivity contribution in [1.82, 2.24) is 5.01 Å². The summed E-state index contributed by atoms with van der Waals surface area (Å²) in [5.74, 6) is 0. The van der Waals surface area contributed by atoms with Crippen LogP contribution in [0.15, 0.2) is 5.29 Å². The molecule has 0 saturated heterocycles. The van der Waals surface area contributed by atoms with Gasteiger partial charge in [0.2, 0.25) is 6.41 Å². The van der Waals surface area contributed by atoms with Gasteiger partial charge in [-0.2, -0.15) is 5.01 Å². The van der Waals surface area contributed by atoms with Crippen molar-refractivity contribution in [2.24, 2.45) is 5.29 Å². The number of rotatable bonds is 5. The van der Waals surface area contributed by atoms with Crippen LogP contribution in [0, 0.1) is 4.91 Å². The third kappa shape index (κ3) is 3.64. The van der Waals surface area contributed by atoms with Crippen molar-refractivity contribution in [3.05, 3.63) is 4.91 Å². The molecule has 0 aromatic heterocycles. The molecule has 0 aliphatic heterocycles. The van der Waals surface area contributed by atoms with Crippen molar-refractivity contribution in [2.45, 2.75) is 19.8 Å². The van der Waals surface area contributed by atoms with Gasteiger partial charge in [0.25, 0.3) is 0 Å². The van der Waals surface area contributed by atoms with E-state index in [-0.39, 0.29) is 0 Å². The SMILES string of the molecule is CCCCN(C=O)N=O. The van der Waals surface area contributed by atoms with E-state index >= 15 is 0 Å². The second-order valence-electron chi connectivity index (χ2n) is 1.70. The molecule has 52 valence electrons. The van der Waals surface area contributed by atoms with Gasteiger partial charge in [-0.3, -0.25) is 4.79 Å². The summed E-state index contributed by atoms with van der Waals surface area (Å²) in [4.78, 5) is 19.6. The maximum Gasteiger partial charge on any atom is 0.232 e. The Kier molecular flexibility index (Phi) is 4.67. The van der Waals surface area contributed by atoms with Gasteiger partial charge in [-0.05, 0) is 6.42 Å². The molecule has 0 unspecified atom stereocenters. The first-order chi connectivity index (χ1) is 4.35. The Morgan fingerprint density at radius 1 is 1.67 bits per heavy atom. The minimum atomic E-state index is 0.433. The smallest absolute Gasteiger partial charge is 0.232 e. The van der Waals surface area contributed by atoms with Crippen molar-refractivity contribution in [3.63, 3.8) is 0 Å². The highest BCUT2D eigenvalue weighted by atomic mass is 16.3. The number of carbonyl (C=O) groups excluding carboxylic acids is 1. The second-order valence-corrected chi connectivity index (χ2v) is 1.70. The van der Waals surface area contributed by atoms with E-state index in [2.05, 4.69) is 5.29 Å². The molecular formula is C5H10N2O2. The molecule has 1 amide bonds. The summed E-state index contributed by atoms with van der Waals surface area (Å²) in [5, 5.41) is 3.31. The molecule has 0 saturated carbocycles. The summed E-state index contributed by atoms with van der Waals surface area (Å²) in [6, 6.07) is 0. The normalized spacial score (nSPS) is 8.56. The molecule has 0 atom stereocenters. The van der Waals surface area contributed by atoms with E-state index in [0.29, 0.717) is 13.0 Å². The van der Waals surface area contributed by atoms with Crippen LogP contribution >= 0.6 is 0 Å². The first-order valence-electron chi connectivity index (χ1n) is 2.90. The fourth-order valence-electron chi connectivity index (χ4n) is 0.433. The van der Waals surface area contributed by atoms with Crippen LogP contribution in [0.1, 0.15) is 19.8 Å². The third-order valence-electron chi connectivity index (χ3n) is 0.967. The summed E-state index contributed by atoms with van der Waals surface area (Å²) in [7, 11) is 0. The highest BCUT2D eigenvalue weighted by Gasteiger charge is 1.95. The summed E-state index contributed by atoms with van der Waals surface area (Å²) in [5.41, 5.74) is 0. The molecule has 0 fully saturated rings. The maximum atomic E-state index is 9.87. The minimum Gasteiger partial charge on any atom is -0.277 e. The van der Waals surface area contributed by atoms with Gasteiger partial charge in [0.1, 0.15) is 0 Å². The van der Waals surface area contributed by atoms with Crippen LogP contribution < -0.4 is 0 Å². The zero-order valence-electron chi connectivity index (χ0n) is 5.41. The summed E-state index contributed by atoms with van der Waals surface area (Å²) < 4.78 is 0. The molecule has 0 heterocycles. The van der Waals surface area contributed by atoms with Crippen LogP contribution in [0.3, 0.4) is 0 Å². The van der Waals surface area contributed by atoms with Gasteiger partial charge in [-0.1, -0.05) is 13.3 Å². The zero-order valence-corrected chi connectivity index (χ0v) is 5.41. The van der Waals surface area contributed by atoms with Crippen LogP contribution in [-0.2, 0) is 4.79 Å². The van der Waals surface area contributed by atoms with Gasteiger partial charge in [-0.15, -0.1) is 4.91 Å². The van der Waals surface area contributed by atoms with Crippen LogP contribution in [0.25, 0.3) is 0 Å². The maximum absolute atomic E-state index is 9.87. The molecule has 9 heavy (non-hydrogen) atoms. The molecule has 0 aliphatic rings. The highest BCUT2D eigenvalue weighted by molar-refractivity contribution is 5.45. The largest absolute Gasteiger partial charge is 0.277 e. The summed E-state index contributed by atoms with van der Waals surface area (Å²) in [6.45, 7) is 2.41. The van der Waals surface area contributed by atoms with Crippen molar-refractivity contribution in [2.75, 3.05) is 6.54 Å².